The molecule has 2 aromatic heterocycles. The number of hydrogen-bond acceptors (Lipinski definition) is 7. The van der Waals surface area contributed by atoms with Crippen LogP contribution in [0.2, 0.25) is 0 Å². The van der Waals surface area contributed by atoms with E-state index in [1.807, 2.05) is 43.0 Å². The monoisotopic (exact) mass is 503 g/mol. The van der Waals surface area contributed by atoms with E-state index in [0.29, 0.717) is 41.1 Å². The maximum absolute atomic E-state index is 13.6. The van der Waals surface area contributed by atoms with Crippen molar-refractivity contribution in [1.82, 2.24) is 29.9 Å². The summed E-state index contributed by atoms with van der Waals surface area (Å²) in [5.74, 6) is -0.114. The Hall–Kier alpha value is -3.79. The molecule has 1 fully saturated rings. The van der Waals surface area contributed by atoms with Crippen molar-refractivity contribution in [1.29, 1.82) is 0 Å². The molecule has 0 bridgehead atoms. The number of rotatable bonds is 6. The molecule has 0 spiro atoms. The predicted molar refractivity (Wildman–Crippen MR) is 137 cm³/mol. The third-order valence-corrected chi connectivity index (χ3v) is 6.88. The number of amides is 1. The molecule has 0 N–H and O–H groups in total. The molecule has 1 saturated heterocycles. The highest BCUT2D eigenvalue weighted by Gasteiger charge is 2.28. The van der Waals surface area contributed by atoms with Crippen LogP contribution in [0.3, 0.4) is 0 Å². The minimum absolute atomic E-state index is 0.159. The number of aromatic nitrogens is 5. The summed E-state index contributed by atoms with van der Waals surface area (Å²) in [5.41, 5.74) is 4.46. The molecule has 0 aliphatic carbocycles. The first-order valence-corrected chi connectivity index (χ1v) is 12.7. The van der Waals surface area contributed by atoms with Crippen molar-refractivity contribution in [2.24, 2.45) is 0 Å². The molecule has 0 saturated carbocycles. The first-order valence-electron chi connectivity index (χ1n) is 11.7. The Kier molecular flexibility index (Phi) is 6.95. The van der Waals surface area contributed by atoms with Gasteiger partial charge in [0.2, 0.25) is 0 Å². The SMILES string of the molecule is Cc1cc(C)nc(SCc2c(C(=O)N3CCN(c4ccccc4)CC3)nnn2-c2ccc(F)cc2)n1. The van der Waals surface area contributed by atoms with E-state index in [0.717, 1.165) is 30.2 Å². The van der Waals surface area contributed by atoms with E-state index in [-0.39, 0.29) is 11.7 Å². The van der Waals surface area contributed by atoms with Gasteiger partial charge in [0, 0.05) is 49.0 Å². The first-order chi connectivity index (χ1) is 17.5. The fourth-order valence-electron chi connectivity index (χ4n) is 4.23. The Morgan fingerprint density at radius 1 is 0.917 bits per heavy atom. The van der Waals surface area contributed by atoms with Crippen LogP contribution in [0.25, 0.3) is 5.69 Å². The Morgan fingerprint density at radius 2 is 1.58 bits per heavy atom. The highest BCUT2D eigenvalue weighted by molar-refractivity contribution is 7.98. The number of carbonyl (C=O) groups excluding carboxylic acids is 1. The second kappa shape index (κ2) is 10.4. The van der Waals surface area contributed by atoms with Gasteiger partial charge in [-0.3, -0.25) is 4.79 Å². The number of aryl methyl sites for hydroxylation is 2. The standard InChI is InChI=1S/C26H26FN7OS/c1-18-16-19(2)29-26(28-18)36-17-23-24(30-31-34(23)22-10-8-20(27)9-11-22)25(35)33-14-12-32(13-15-33)21-6-4-3-5-7-21/h3-11,16H,12-15,17H2,1-2H3. The minimum atomic E-state index is -0.342. The summed E-state index contributed by atoms with van der Waals surface area (Å²) in [7, 11) is 0. The molecular weight excluding hydrogens is 477 g/mol. The van der Waals surface area contributed by atoms with E-state index in [1.54, 1.807) is 16.8 Å². The van der Waals surface area contributed by atoms with Crippen LogP contribution < -0.4 is 4.90 Å². The molecule has 36 heavy (non-hydrogen) atoms. The van der Waals surface area contributed by atoms with Gasteiger partial charge in [-0.2, -0.15) is 0 Å². The highest BCUT2D eigenvalue weighted by Crippen LogP contribution is 2.25. The Labute approximate surface area is 213 Å². The van der Waals surface area contributed by atoms with Crippen LogP contribution in [0.5, 0.6) is 0 Å². The number of benzene rings is 2. The van der Waals surface area contributed by atoms with Gasteiger partial charge >= 0.3 is 0 Å². The number of para-hydroxylation sites is 1. The van der Waals surface area contributed by atoms with E-state index in [2.05, 4.69) is 37.3 Å². The summed E-state index contributed by atoms with van der Waals surface area (Å²) in [6, 6.07) is 18.1. The molecule has 4 aromatic rings. The quantitative estimate of drug-likeness (QED) is 0.290. The molecule has 1 aliphatic rings. The van der Waals surface area contributed by atoms with Crippen LogP contribution in [0.4, 0.5) is 10.1 Å². The average Bonchev–Trinajstić information content (AvgIpc) is 3.31. The largest absolute Gasteiger partial charge is 0.368 e. The van der Waals surface area contributed by atoms with Crippen LogP contribution in [-0.2, 0) is 5.75 Å². The zero-order valence-corrected chi connectivity index (χ0v) is 21.0. The summed E-state index contributed by atoms with van der Waals surface area (Å²) in [6.07, 6.45) is 0. The van der Waals surface area contributed by atoms with Crippen LogP contribution in [0.1, 0.15) is 27.6 Å². The van der Waals surface area contributed by atoms with Gasteiger partial charge in [-0.05, 0) is 56.3 Å². The average molecular weight is 504 g/mol. The molecule has 8 nitrogen and oxygen atoms in total. The summed E-state index contributed by atoms with van der Waals surface area (Å²) in [4.78, 5) is 26.7. The second-order valence-electron chi connectivity index (χ2n) is 8.61. The van der Waals surface area contributed by atoms with Gasteiger partial charge in [0.25, 0.3) is 5.91 Å². The van der Waals surface area contributed by atoms with Crippen molar-refractivity contribution in [3.05, 3.63) is 89.3 Å². The number of hydrogen-bond donors (Lipinski definition) is 0. The summed E-state index contributed by atoms with van der Waals surface area (Å²) in [6.45, 7) is 6.50. The van der Waals surface area contributed by atoms with E-state index in [9.17, 15) is 9.18 Å². The number of carbonyl (C=O) groups is 1. The molecule has 0 radical (unpaired) electrons. The highest BCUT2D eigenvalue weighted by atomic mass is 32.2. The molecule has 2 aromatic carbocycles. The summed E-state index contributed by atoms with van der Waals surface area (Å²) < 4.78 is 15.1. The van der Waals surface area contributed by atoms with Gasteiger partial charge in [0.1, 0.15) is 5.82 Å². The maximum Gasteiger partial charge on any atom is 0.276 e. The van der Waals surface area contributed by atoms with Gasteiger partial charge in [-0.1, -0.05) is 35.2 Å². The lowest BCUT2D eigenvalue weighted by atomic mass is 10.2. The molecule has 10 heteroatoms. The van der Waals surface area contributed by atoms with E-state index in [1.165, 1.54) is 23.9 Å². The molecule has 0 atom stereocenters. The third-order valence-electron chi connectivity index (χ3n) is 6.02. The van der Waals surface area contributed by atoms with E-state index in [4.69, 9.17) is 0 Å². The van der Waals surface area contributed by atoms with Gasteiger partial charge in [0.15, 0.2) is 10.9 Å². The van der Waals surface area contributed by atoms with Crippen molar-refractivity contribution in [2.45, 2.75) is 24.8 Å². The number of piperazine rings is 1. The lowest BCUT2D eigenvalue weighted by Gasteiger charge is -2.35. The number of nitrogens with zero attached hydrogens (tertiary/aromatic N) is 7. The zero-order valence-electron chi connectivity index (χ0n) is 20.1. The normalized spacial score (nSPS) is 13.8. The van der Waals surface area contributed by atoms with E-state index >= 15 is 0 Å². The van der Waals surface area contributed by atoms with Crippen molar-refractivity contribution >= 4 is 23.4 Å². The van der Waals surface area contributed by atoms with Crippen LogP contribution in [-0.4, -0.2) is 61.9 Å². The first kappa shape index (κ1) is 23.9. The molecular formula is C26H26FN7OS. The van der Waals surface area contributed by atoms with Crippen molar-refractivity contribution in [3.63, 3.8) is 0 Å². The van der Waals surface area contributed by atoms with Gasteiger partial charge in [0.05, 0.1) is 11.4 Å². The van der Waals surface area contributed by atoms with Gasteiger partial charge in [-0.25, -0.2) is 19.0 Å². The fraction of sp³-hybridized carbons (Fsp3) is 0.269. The van der Waals surface area contributed by atoms with Crippen molar-refractivity contribution in [3.8, 4) is 5.69 Å². The summed E-state index contributed by atoms with van der Waals surface area (Å²) in [5, 5.41) is 9.17. The number of thioether (sulfide) groups is 1. The van der Waals surface area contributed by atoms with Crippen molar-refractivity contribution in [2.75, 3.05) is 31.1 Å². The molecule has 184 valence electrons. The second-order valence-corrected chi connectivity index (χ2v) is 9.55. The molecule has 1 aliphatic heterocycles. The molecule has 1 amide bonds. The lowest BCUT2D eigenvalue weighted by Crippen LogP contribution is -2.49. The minimum Gasteiger partial charge on any atom is -0.368 e. The molecule has 5 rings (SSSR count). The van der Waals surface area contributed by atoms with Crippen LogP contribution in [0, 0.1) is 19.7 Å². The third kappa shape index (κ3) is 5.23. The number of halogens is 1. The topological polar surface area (TPSA) is 80.0 Å². The Morgan fingerprint density at radius 3 is 2.25 bits per heavy atom. The van der Waals surface area contributed by atoms with Gasteiger partial charge < -0.3 is 9.80 Å². The maximum atomic E-state index is 13.6. The Balaban J connectivity index is 1.39. The van der Waals surface area contributed by atoms with Crippen LogP contribution in [0.15, 0.2) is 65.8 Å². The number of anilines is 1. The zero-order chi connectivity index (χ0) is 25.1. The molecule has 3 heterocycles. The Bertz CT molecular complexity index is 1330. The van der Waals surface area contributed by atoms with Crippen molar-refractivity contribution < 1.29 is 9.18 Å². The van der Waals surface area contributed by atoms with E-state index < -0.39 is 0 Å². The smallest absolute Gasteiger partial charge is 0.276 e. The lowest BCUT2D eigenvalue weighted by molar-refractivity contribution is 0.0740. The fourth-order valence-corrected chi connectivity index (χ4v) is 5.18. The van der Waals surface area contributed by atoms with Gasteiger partial charge in [-0.15, -0.1) is 5.10 Å². The summed E-state index contributed by atoms with van der Waals surface area (Å²) >= 11 is 1.42. The predicted octanol–water partition coefficient (Wildman–Crippen LogP) is 4.07. The molecule has 0 unspecified atom stereocenters. The van der Waals surface area contributed by atoms with Crippen LogP contribution >= 0.6 is 11.8 Å².